The predicted molar refractivity (Wildman–Crippen MR) is 140 cm³/mol. The zero-order valence-electron chi connectivity index (χ0n) is 19.6. The van der Waals surface area contributed by atoms with E-state index in [1.54, 1.807) is 36.4 Å². The third-order valence-corrected chi connectivity index (χ3v) is 6.91. The Morgan fingerprint density at radius 2 is 1.92 bits per heavy atom. The fourth-order valence-electron chi connectivity index (χ4n) is 4.26. The van der Waals surface area contributed by atoms with Crippen molar-refractivity contribution in [1.29, 1.82) is 0 Å². The lowest BCUT2D eigenvalue weighted by molar-refractivity contribution is -0.139. The van der Waals surface area contributed by atoms with Crippen LogP contribution in [0.5, 0.6) is 17.2 Å². The van der Waals surface area contributed by atoms with Crippen molar-refractivity contribution >= 4 is 35.1 Å². The number of carbonyl (C=O) groups excluding carboxylic acids is 1. The monoisotopic (exact) mass is 527 g/mol. The van der Waals surface area contributed by atoms with Crippen LogP contribution in [0.3, 0.4) is 0 Å². The molecule has 2 N–H and O–H groups in total. The van der Waals surface area contributed by atoms with Gasteiger partial charge in [0.1, 0.15) is 17.2 Å². The highest BCUT2D eigenvalue weighted by molar-refractivity contribution is 6.32. The Balaban J connectivity index is 1.38. The molecule has 2 atom stereocenters. The van der Waals surface area contributed by atoms with Crippen LogP contribution in [0.15, 0.2) is 71.8 Å². The molecular weight excluding hydrogens is 501 g/mol. The predicted octanol–water partition coefficient (Wildman–Crippen LogP) is 6.85. The molecule has 0 fully saturated rings. The van der Waals surface area contributed by atoms with Crippen molar-refractivity contribution in [1.82, 2.24) is 5.32 Å². The molecule has 0 saturated heterocycles. The second-order valence-electron chi connectivity index (χ2n) is 8.81. The molecule has 0 saturated carbocycles. The number of fused-ring (bicyclic) bond motifs is 1. The summed E-state index contributed by atoms with van der Waals surface area (Å²) in [6, 6.07) is 9.90. The first kappa shape index (κ1) is 25.9. The van der Waals surface area contributed by atoms with Gasteiger partial charge in [-0.3, -0.25) is 9.59 Å². The summed E-state index contributed by atoms with van der Waals surface area (Å²) in [5.41, 5.74) is 1.98. The second kappa shape index (κ2) is 11.7. The maximum atomic E-state index is 12.7. The lowest BCUT2D eigenvalue weighted by atomic mass is 9.93. The number of hydrogen-bond donors (Lipinski definition) is 2. The Morgan fingerprint density at radius 3 is 2.67 bits per heavy atom. The van der Waals surface area contributed by atoms with Crippen LogP contribution < -0.4 is 14.8 Å². The molecule has 0 spiro atoms. The van der Waals surface area contributed by atoms with Crippen molar-refractivity contribution in [3.05, 3.63) is 88.0 Å². The van der Waals surface area contributed by atoms with Gasteiger partial charge in [-0.05, 0) is 62.1 Å². The maximum Gasteiger partial charge on any atom is 0.311 e. The highest BCUT2D eigenvalue weighted by Crippen LogP contribution is 2.41. The van der Waals surface area contributed by atoms with E-state index in [0.717, 1.165) is 24.8 Å². The number of aliphatic carboxylic acids is 1. The Bertz CT molecular complexity index is 1220. The van der Waals surface area contributed by atoms with E-state index in [0.29, 0.717) is 53.0 Å². The summed E-state index contributed by atoms with van der Waals surface area (Å²) in [5, 5.41) is 13.4. The van der Waals surface area contributed by atoms with E-state index >= 15 is 0 Å². The normalized spacial score (nSPS) is 21.9. The summed E-state index contributed by atoms with van der Waals surface area (Å²) in [6.07, 6.45) is 8.90. The van der Waals surface area contributed by atoms with Gasteiger partial charge in [-0.2, -0.15) is 0 Å². The van der Waals surface area contributed by atoms with Gasteiger partial charge >= 0.3 is 5.97 Å². The van der Waals surface area contributed by atoms with Crippen LogP contribution in [-0.2, 0) is 4.79 Å². The first-order chi connectivity index (χ1) is 17.3. The summed E-state index contributed by atoms with van der Waals surface area (Å²) in [5.74, 6) is -0.341. The van der Waals surface area contributed by atoms with Crippen LogP contribution in [0.1, 0.15) is 47.5 Å². The summed E-state index contributed by atoms with van der Waals surface area (Å²) in [6.45, 7) is 4.93. The van der Waals surface area contributed by atoms with E-state index in [2.05, 4.69) is 11.9 Å². The number of benzene rings is 2. The van der Waals surface area contributed by atoms with E-state index in [1.165, 1.54) is 0 Å². The number of carboxylic acid groups (broad SMARTS) is 1. The van der Waals surface area contributed by atoms with Gasteiger partial charge in [0.15, 0.2) is 0 Å². The van der Waals surface area contributed by atoms with E-state index in [9.17, 15) is 14.7 Å². The molecule has 2 aliphatic rings. The first-order valence-electron chi connectivity index (χ1n) is 11.8. The molecule has 0 bridgehead atoms. The van der Waals surface area contributed by atoms with Crippen LogP contribution in [0, 0.1) is 5.92 Å². The Hall–Kier alpha value is -3.22. The zero-order chi connectivity index (χ0) is 25.7. The standard InChI is InChI=1S/C28H27Cl2NO5/c1-17-6-9-20(29)5-3-2-4-19(17)16-31-27(32)18-7-10-21(11-8-18)36-26-15-25-23(14-24(26)30)22(28(33)34)12-13-35-25/h5-11,14-15,19,22H,1-4,12-13,16H2,(H,31,32)(H,33,34)/b9-6-,20-5+. The quantitative estimate of drug-likeness (QED) is 0.429. The largest absolute Gasteiger partial charge is 0.493 e. The number of halogens is 2. The molecule has 2 aromatic carbocycles. The number of carboxylic acids is 1. The van der Waals surface area contributed by atoms with E-state index in [4.69, 9.17) is 32.7 Å². The number of allylic oxidation sites excluding steroid dienone is 4. The Labute approximate surface area is 220 Å². The van der Waals surface area contributed by atoms with Crippen molar-refractivity contribution < 1.29 is 24.2 Å². The van der Waals surface area contributed by atoms with Gasteiger partial charge in [-0.1, -0.05) is 47.5 Å². The molecule has 0 radical (unpaired) electrons. The van der Waals surface area contributed by atoms with Gasteiger partial charge in [-0.25, -0.2) is 0 Å². The maximum absolute atomic E-state index is 12.7. The highest BCUT2D eigenvalue weighted by Gasteiger charge is 2.29. The third kappa shape index (κ3) is 6.31. The van der Waals surface area contributed by atoms with Crippen molar-refractivity contribution in [2.45, 2.75) is 31.6 Å². The van der Waals surface area contributed by atoms with Crippen LogP contribution in [0.2, 0.25) is 5.02 Å². The molecule has 0 aromatic heterocycles. The number of rotatable bonds is 6. The zero-order valence-corrected chi connectivity index (χ0v) is 21.1. The van der Waals surface area contributed by atoms with Gasteiger partial charge in [0, 0.05) is 34.7 Å². The van der Waals surface area contributed by atoms with Crippen LogP contribution in [0.25, 0.3) is 0 Å². The number of hydrogen-bond acceptors (Lipinski definition) is 4. The van der Waals surface area contributed by atoms with Crippen LogP contribution in [0.4, 0.5) is 0 Å². The minimum atomic E-state index is -0.912. The molecule has 1 heterocycles. The van der Waals surface area contributed by atoms with Crippen molar-refractivity contribution in [2.75, 3.05) is 13.2 Å². The van der Waals surface area contributed by atoms with Crippen molar-refractivity contribution in [2.24, 2.45) is 5.92 Å². The molecule has 6 nitrogen and oxygen atoms in total. The molecule has 36 heavy (non-hydrogen) atoms. The fourth-order valence-corrected chi connectivity index (χ4v) is 4.64. The summed E-state index contributed by atoms with van der Waals surface area (Å²) in [4.78, 5) is 24.2. The van der Waals surface area contributed by atoms with E-state index in [1.807, 2.05) is 18.2 Å². The topological polar surface area (TPSA) is 84.9 Å². The molecular formula is C28H27Cl2NO5. The lowest BCUT2D eigenvalue weighted by Crippen LogP contribution is -2.29. The molecule has 4 rings (SSSR count). The van der Waals surface area contributed by atoms with Gasteiger partial charge in [0.05, 0.1) is 17.5 Å². The number of ether oxygens (including phenoxy) is 2. The molecule has 1 aliphatic carbocycles. The van der Waals surface area contributed by atoms with Crippen LogP contribution in [-0.4, -0.2) is 30.1 Å². The molecule has 2 unspecified atom stereocenters. The molecule has 1 aliphatic heterocycles. The van der Waals surface area contributed by atoms with Crippen molar-refractivity contribution in [3.8, 4) is 17.2 Å². The minimum Gasteiger partial charge on any atom is -0.493 e. The molecule has 2 aromatic rings. The van der Waals surface area contributed by atoms with Crippen LogP contribution >= 0.6 is 23.2 Å². The lowest BCUT2D eigenvalue weighted by Gasteiger charge is -2.24. The molecule has 8 heteroatoms. The van der Waals surface area contributed by atoms with E-state index < -0.39 is 11.9 Å². The fraction of sp³-hybridized carbons (Fsp3) is 0.286. The average Bonchev–Trinajstić information content (AvgIpc) is 2.94. The summed E-state index contributed by atoms with van der Waals surface area (Å²) < 4.78 is 11.5. The Kier molecular flexibility index (Phi) is 8.39. The number of carbonyl (C=O) groups is 2. The van der Waals surface area contributed by atoms with Gasteiger partial charge < -0.3 is 19.9 Å². The van der Waals surface area contributed by atoms with Crippen molar-refractivity contribution in [3.63, 3.8) is 0 Å². The van der Waals surface area contributed by atoms with E-state index in [-0.39, 0.29) is 16.8 Å². The SMILES string of the molecule is C=C1/C=C\C(Cl)=C/CCCC1CNC(=O)c1ccc(Oc2cc3c(cc2Cl)C(C(=O)O)CCO3)cc1. The first-order valence-corrected chi connectivity index (χ1v) is 12.5. The average molecular weight is 528 g/mol. The molecule has 1 amide bonds. The number of nitrogens with one attached hydrogen (secondary N) is 1. The minimum absolute atomic E-state index is 0.137. The van der Waals surface area contributed by atoms with Gasteiger partial charge in [0.25, 0.3) is 5.91 Å². The summed E-state index contributed by atoms with van der Waals surface area (Å²) in [7, 11) is 0. The highest BCUT2D eigenvalue weighted by atomic mass is 35.5. The second-order valence-corrected chi connectivity index (χ2v) is 9.65. The molecule has 188 valence electrons. The smallest absolute Gasteiger partial charge is 0.311 e. The Morgan fingerprint density at radius 1 is 1.14 bits per heavy atom. The summed E-state index contributed by atoms with van der Waals surface area (Å²) >= 11 is 12.5. The number of amides is 1. The van der Waals surface area contributed by atoms with Gasteiger partial charge in [-0.15, -0.1) is 0 Å². The van der Waals surface area contributed by atoms with Gasteiger partial charge in [0.2, 0.25) is 0 Å². The third-order valence-electron chi connectivity index (χ3n) is 6.33.